The van der Waals surface area contributed by atoms with Gasteiger partial charge in [0.2, 0.25) is 5.95 Å². The van der Waals surface area contributed by atoms with Crippen LogP contribution >= 0.6 is 0 Å². The second-order valence-corrected chi connectivity index (χ2v) is 9.78. The molecule has 0 saturated carbocycles. The molecule has 1 fully saturated rings. The van der Waals surface area contributed by atoms with E-state index in [9.17, 15) is 0 Å². The van der Waals surface area contributed by atoms with E-state index in [-0.39, 0.29) is 10.8 Å². The maximum absolute atomic E-state index is 5.40. The van der Waals surface area contributed by atoms with E-state index in [1.807, 2.05) is 24.8 Å². The maximum Gasteiger partial charge on any atom is 0.225 e. The van der Waals surface area contributed by atoms with Gasteiger partial charge < -0.3 is 9.64 Å². The van der Waals surface area contributed by atoms with Gasteiger partial charge in [0.25, 0.3) is 0 Å². The van der Waals surface area contributed by atoms with Crippen molar-refractivity contribution in [3.63, 3.8) is 0 Å². The third-order valence-corrected chi connectivity index (χ3v) is 5.85. The molecule has 1 atom stereocenters. The lowest BCUT2D eigenvalue weighted by atomic mass is 9.82. The number of aromatic nitrogens is 4. The van der Waals surface area contributed by atoms with Gasteiger partial charge in [-0.15, -0.1) is 0 Å². The Morgan fingerprint density at radius 1 is 0.931 bits per heavy atom. The Hall–Kier alpha value is -2.08. The van der Waals surface area contributed by atoms with Crippen molar-refractivity contribution in [1.29, 1.82) is 0 Å². The van der Waals surface area contributed by atoms with Gasteiger partial charge in [-0.2, -0.15) is 0 Å². The van der Waals surface area contributed by atoms with Crippen molar-refractivity contribution in [2.24, 2.45) is 0 Å². The number of ether oxygens (including phenoxy) is 1. The van der Waals surface area contributed by atoms with Gasteiger partial charge in [0.05, 0.1) is 13.2 Å². The second kappa shape index (κ2) is 8.74. The van der Waals surface area contributed by atoms with E-state index in [1.165, 1.54) is 11.1 Å². The van der Waals surface area contributed by atoms with Gasteiger partial charge >= 0.3 is 0 Å². The fourth-order valence-electron chi connectivity index (χ4n) is 3.43. The summed E-state index contributed by atoms with van der Waals surface area (Å²) in [6, 6.07) is 0. The first kappa shape index (κ1) is 21.6. The largest absolute Gasteiger partial charge is 0.378 e. The van der Waals surface area contributed by atoms with Crippen molar-refractivity contribution >= 4 is 5.95 Å². The van der Waals surface area contributed by atoms with Crippen LogP contribution in [0.25, 0.3) is 0 Å². The minimum Gasteiger partial charge on any atom is -0.378 e. The summed E-state index contributed by atoms with van der Waals surface area (Å²) in [6.07, 6.45) is 9.96. The van der Waals surface area contributed by atoms with Crippen molar-refractivity contribution in [2.75, 3.05) is 31.2 Å². The maximum atomic E-state index is 5.40. The molecule has 2 aromatic heterocycles. The molecule has 1 saturated heterocycles. The van der Waals surface area contributed by atoms with E-state index in [2.05, 4.69) is 66.4 Å². The molecule has 0 amide bonds. The Morgan fingerprint density at radius 3 is 2.07 bits per heavy atom. The molecular formula is C23H35N5O. The Labute approximate surface area is 175 Å². The summed E-state index contributed by atoms with van der Waals surface area (Å²) in [7, 11) is 0. The number of nitrogens with zero attached hydrogens (tertiary/aromatic N) is 5. The van der Waals surface area contributed by atoms with Crippen LogP contribution in [0.5, 0.6) is 0 Å². The summed E-state index contributed by atoms with van der Waals surface area (Å²) < 4.78 is 5.40. The van der Waals surface area contributed by atoms with Crippen LogP contribution in [0.2, 0.25) is 0 Å². The van der Waals surface area contributed by atoms with E-state index < -0.39 is 0 Å². The Kier molecular flexibility index (Phi) is 6.52. The smallest absolute Gasteiger partial charge is 0.225 e. The van der Waals surface area contributed by atoms with Crippen LogP contribution in [0.3, 0.4) is 0 Å². The summed E-state index contributed by atoms with van der Waals surface area (Å²) in [5, 5.41) is 0. The van der Waals surface area contributed by atoms with E-state index in [4.69, 9.17) is 4.74 Å². The topological polar surface area (TPSA) is 64.0 Å². The highest BCUT2D eigenvalue weighted by atomic mass is 16.5. The van der Waals surface area contributed by atoms with Crippen LogP contribution in [0.15, 0.2) is 24.8 Å². The van der Waals surface area contributed by atoms with Gasteiger partial charge in [0.15, 0.2) is 0 Å². The average Bonchev–Trinajstić information content (AvgIpc) is 2.72. The minimum absolute atomic E-state index is 0.0702. The molecule has 0 aliphatic carbocycles. The molecule has 158 valence electrons. The Balaban J connectivity index is 1.59. The lowest BCUT2D eigenvalue weighted by Gasteiger charge is -2.27. The van der Waals surface area contributed by atoms with Crippen LogP contribution in [0, 0.1) is 0 Å². The van der Waals surface area contributed by atoms with E-state index in [0.717, 1.165) is 50.9 Å². The molecule has 0 spiro atoms. The molecule has 6 nitrogen and oxygen atoms in total. The van der Waals surface area contributed by atoms with Crippen LogP contribution in [0.1, 0.15) is 77.3 Å². The Bertz CT molecular complexity index is 774. The van der Waals surface area contributed by atoms with Gasteiger partial charge in [0.1, 0.15) is 5.82 Å². The predicted octanol–water partition coefficient (Wildman–Crippen LogP) is 4.26. The lowest BCUT2D eigenvalue weighted by Crippen LogP contribution is -2.37. The SMILES string of the molecule is CC(CCC(C)(C)c1ncc(C(C)(C)C)cn1)c1cnc(N2CCOCC2)nc1. The number of morpholine rings is 1. The standard InChI is InChI=1S/C23H35N5O/c1-17(18-13-26-21(27-14-18)28-9-11-29-12-10-28)7-8-23(5,6)20-24-15-19(16-25-20)22(2,3)4/h13-17H,7-12H2,1-6H3. The van der Waals surface area contributed by atoms with E-state index in [0.29, 0.717) is 5.92 Å². The van der Waals surface area contributed by atoms with Crippen LogP contribution < -0.4 is 4.90 Å². The molecule has 1 aliphatic heterocycles. The van der Waals surface area contributed by atoms with Crippen LogP contribution in [0.4, 0.5) is 5.95 Å². The molecule has 3 heterocycles. The average molecular weight is 398 g/mol. The third kappa shape index (κ3) is 5.50. The summed E-state index contributed by atoms with van der Waals surface area (Å²) in [5.74, 6) is 2.11. The molecular weight excluding hydrogens is 362 g/mol. The number of hydrogen-bond donors (Lipinski definition) is 0. The summed E-state index contributed by atoms with van der Waals surface area (Å²) in [5.41, 5.74) is 2.36. The monoisotopic (exact) mass is 397 g/mol. The van der Waals surface area contributed by atoms with Gasteiger partial charge in [0, 0.05) is 43.3 Å². The first-order valence-corrected chi connectivity index (χ1v) is 10.6. The molecule has 1 unspecified atom stereocenters. The normalized spacial score (nSPS) is 16.7. The lowest BCUT2D eigenvalue weighted by molar-refractivity contribution is 0.122. The van der Waals surface area contributed by atoms with Crippen molar-refractivity contribution in [3.8, 4) is 0 Å². The van der Waals surface area contributed by atoms with Crippen molar-refractivity contribution < 1.29 is 4.74 Å². The molecule has 0 N–H and O–H groups in total. The second-order valence-electron chi connectivity index (χ2n) is 9.78. The minimum atomic E-state index is -0.0702. The van der Waals surface area contributed by atoms with Gasteiger partial charge in [-0.3, -0.25) is 0 Å². The highest BCUT2D eigenvalue weighted by molar-refractivity contribution is 5.31. The van der Waals surface area contributed by atoms with E-state index >= 15 is 0 Å². The van der Waals surface area contributed by atoms with Crippen LogP contribution in [-0.4, -0.2) is 46.2 Å². The molecule has 0 bridgehead atoms. The molecule has 3 rings (SSSR count). The predicted molar refractivity (Wildman–Crippen MR) is 116 cm³/mol. The van der Waals surface area contributed by atoms with Crippen molar-refractivity contribution in [2.45, 2.75) is 71.1 Å². The Morgan fingerprint density at radius 2 is 1.52 bits per heavy atom. The van der Waals surface area contributed by atoms with Gasteiger partial charge in [-0.1, -0.05) is 41.5 Å². The molecule has 0 aromatic carbocycles. The first-order valence-electron chi connectivity index (χ1n) is 10.6. The third-order valence-electron chi connectivity index (χ3n) is 5.85. The fraction of sp³-hybridized carbons (Fsp3) is 0.652. The number of anilines is 1. The van der Waals surface area contributed by atoms with E-state index in [1.54, 1.807) is 0 Å². The summed E-state index contributed by atoms with van der Waals surface area (Å²) >= 11 is 0. The fourth-order valence-corrected chi connectivity index (χ4v) is 3.43. The molecule has 1 aliphatic rings. The van der Waals surface area contributed by atoms with Gasteiger partial charge in [-0.05, 0) is 35.3 Å². The zero-order chi connectivity index (χ0) is 21.1. The number of rotatable bonds is 6. The molecule has 6 heteroatoms. The molecule has 2 aromatic rings. The highest BCUT2D eigenvalue weighted by Crippen LogP contribution is 2.31. The molecule has 29 heavy (non-hydrogen) atoms. The summed E-state index contributed by atoms with van der Waals surface area (Å²) in [4.78, 5) is 20.7. The number of hydrogen-bond acceptors (Lipinski definition) is 6. The summed E-state index contributed by atoms with van der Waals surface area (Å²) in [6.45, 7) is 16.5. The quantitative estimate of drug-likeness (QED) is 0.726. The zero-order valence-corrected chi connectivity index (χ0v) is 18.8. The van der Waals surface area contributed by atoms with Crippen molar-refractivity contribution in [3.05, 3.63) is 41.7 Å². The highest BCUT2D eigenvalue weighted by Gasteiger charge is 2.26. The zero-order valence-electron chi connectivity index (χ0n) is 18.8. The van der Waals surface area contributed by atoms with Crippen molar-refractivity contribution in [1.82, 2.24) is 19.9 Å². The first-order chi connectivity index (χ1) is 13.7. The molecule has 0 radical (unpaired) electrons. The van der Waals surface area contributed by atoms with Gasteiger partial charge in [-0.25, -0.2) is 19.9 Å². The van der Waals surface area contributed by atoms with Crippen LogP contribution in [-0.2, 0) is 15.6 Å².